The minimum absolute atomic E-state index is 0.0882. The summed E-state index contributed by atoms with van der Waals surface area (Å²) in [5.74, 6) is 0.246. The van der Waals surface area contributed by atoms with E-state index in [4.69, 9.17) is 4.74 Å². The van der Waals surface area contributed by atoms with Gasteiger partial charge in [0, 0.05) is 26.2 Å². The van der Waals surface area contributed by atoms with Crippen molar-refractivity contribution in [1.82, 2.24) is 14.7 Å². The lowest BCUT2D eigenvalue weighted by molar-refractivity contribution is 0.0816. The smallest absolute Gasteiger partial charge is 0.273 e. The lowest BCUT2D eigenvalue weighted by Gasteiger charge is -2.19. The third-order valence-electron chi connectivity index (χ3n) is 5.31. The van der Waals surface area contributed by atoms with E-state index in [-0.39, 0.29) is 17.2 Å². The molecule has 0 spiro atoms. The first-order chi connectivity index (χ1) is 15.6. The van der Waals surface area contributed by atoms with Gasteiger partial charge in [-0.2, -0.15) is 5.10 Å². The van der Waals surface area contributed by atoms with Gasteiger partial charge in [0.25, 0.3) is 11.8 Å². The molecule has 0 saturated heterocycles. The van der Waals surface area contributed by atoms with E-state index >= 15 is 0 Å². The molecule has 1 aromatic heterocycles. The minimum atomic E-state index is -0.310. The van der Waals surface area contributed by atoms with Crippen molar-refractivity contribution < 1.29 is 14.3 Å². The number of hydrogen-bond donors (Lipinski definition) is 1. The van der Waals surface area contributed by atoms with Crippen LogP contribution in [0.5, 0.6) is 5.75 Å². The normalized spacial score (nSPS) is 11.2. The summed E-state index contributed by atoms with van der Waals surface area (Å²) in [6.07, 6.45) is 1.51. The third-order valence-corrected chi connectivity index (χ3v) is 5.31. The maximum absolute atomic E-state index is 12.9. The molecule has 2 aromatic carbocycles. The zero-order valence-corrected chi connectivity index (χ0v) is 20.2. The fourth-order valence-corrected chi connectivity index (χ4v) is 3.37. The van der Waals surface area contributed by atoms with Gasteiger partial charge in [-0.3, -0.25) is 14.3 Å². The Hall–Kier alpha value is -3.61. The van der Waals surface area contributed by atoms with E-state index in [1.54, 1.807) is 30.9 Å². The molecule has 1 N–H and O–H groups in total. The first-order valence-corrected chi connectivity index (χ1v) is 11.0. The van der Waals surface area contributed by atoms with E-state index in [9.17, 15) is 9.59 Å². The Bertz CT molecular complexity index is 1130. The molecule has 33 heavy (non-hydrogen) atoms. The fourth-order valence-electron chi connectivity index (χ4n) is 3.37. The topological polar surface area (TPSA) is 76.5 Å². The second-order valence-electron chi connectivity index (χ2n) is 9.14. The average Bonchev–Trinajstić information content (AvgIpc) is 3.19. The van der Waals surface area contributed by atoms with Crippen LogP contribution in [0.1, 0.15) is 59.7 Å². The molecule has 3 rings (SSSR count). The van der Waals surface area contributed by atoms with E-state index in [1.165, 1.54) is 16.7 Å². The van der Waals surface area contributed by atoms with Crippen molar-refractivity contribution in [2.24, 2.45) is 0 Å². The van der Waals surface area contributed by atoms with Crippen molar-refractivity contribution in [3.8, 4) is 5.75 Å². The Morgan fingerprint density at radius 1 is 1.09 bits per heavy atom. The highest BCUT2D eigenvalue weighted by Crippen LogP contribution is 2.25. The monoisotopic (exact) mass is 448 g/mol. The van der Waals surface area contributed by atoms with Crippen molar-refractivity contribution in [2.75, 3.05) is 19.4 Å². The van der Waals surface area contributed by atoms with Gasteiger partial charge >= 0.3 is 0 Å². The van der Waals surface area contributed by atoms with Crippen LogP contribution in [0.25, 0.3) is 0 Å². The maximum Gasteiger partial charge on any atom is 0.273 e. The van der Waals surface area contributed by atoms with Crippen LogP contribution in [0.4, 0.5) is 5.69 Å². The first-order valence-electron chi connectivity index (χ1n) is 11.0. The number of hydrogen-bond acceptors (Lipinski definition) is 4. The zero-order valence-electron chi connectivity index (χ0n) is 20.2. The number of carbonyl (C=O) groups is 2. The number of aryl methyl sites for hydroxylation is 1. The van der Waals surface area contributed by atoms with Gasteiger partial charge in [0.15, 0.2) is 0 Å². The second-order valence-corrected chi connectivity index (χ2v) is 9.14. The summed E-state index contributed by atoms with van der Waals surface area (Å²) in [6.45, 7) is 9.28. The number of aromatic nitrogens is 2. The summed E-state index contributed by atoms with van der Waals surface area (Å²) < 4.78 is 7.49. The van der Waals surface area contributed by atoms with Gasteiger partial charge in [-0.05, 0) is 47.7 Å². The molecule has 174 valence electrons. The summed E-state index contributed by atoms with van der Waals surface area (Å²) in [6, 6.07) is 15.3. The Morgan fingerprint density at radius 2 is 1.79 bits per heavy atom. The van der Waals surface area contributed by atoms with Crippen molar-refractivity contribution in [3.05, 3.63) is 77.1 Å². The molecule has 0 aliphatic carbocycles. The maximum atomic E-state index is 12.9. The molecule has 0 fully saturated rings. The van der Waals surface area contributed by atoms with Gasteiger partial charge < -0.3 is 15.0 Å². The van der Waals surface area contributed by atoms with Crippen molar-refractivity contribution in [2.45, 2.75) is 46.3 Å². The van der Waals surface area contributed by atoms with Crippen LogP contribution < -0.4 is 10.1 Å². The van der Waals surface area contributed by atoms with E-state index in [2.05, 4.69) is 43.3 Å². The first kappa shape index (κ1) is 24.0. The van der Waals surface area contributed by atoms with E-state index in [0.717, 1.165) is 11.3 Å². The van der Waals surface area contributed by atoms with Crippen LogP contribution in [-0.2, 0) is 18.6 Å². The summed E-state index contributed by atoms with van der Waals surface area (Å²) in [5.41, 5.74) is 3.43. The van der Waals surface area contributed by atoms with Gasteiger partial charge in [-0.15, -0.1) is 0 Å². The fraction of sp³-hybridized carbons (Fsp3) is 0.346. The summed E-state index contributed by atoms with van der Waals surface area (Å²) in [5, 5.41) is 7.05. The average molecular weight is 449 g/mol. The SMILES string of the molecule is CCn1ncc(NC(=O)c2cccc(COc3ccc(C(C)(C)C)cc3)c2)c1C(=O)N(C)C. The second kappa shape index (κ2) is 9.90. The molecule has 7 heteroatoms. The predicted molar refractivity (Wildman–Crippen MR) is 130 cm³/mol. The highest BCUT2D eigenvalue weighted by Gasteiger charge is 2.21. The molecule has 0 aliphatic heterocycles. The molecule has 0 atom stereocenters. The number of nitrogens with zero attached hydrogens (tertiary/aromatic N) is 3. The van der Waals surface area contributed by atoms with Gasteiger partial charge in [0.2, 0.25) is 0 Å². The molecule has 1 heterocycles. The molecule has 0 bridgehead atoms. The number of carbonyl (C=O) groups excluding carboxylic acids is 2. The Morgan fingerprint density at radius 3 is 2.39 bits per heavy atom. The molecule has 0 aliphatic rings. The Kier molecular flexibility index (Phi) is 7.21. The molecule has 0 unspecified atom stereocenters. The van der Waals surface area contributed by atoms with E-state index < -0.39 is 0 Å². The summed E-state index contributed by atoms with van der Waals surface area (Å²) in [4.78, 5) is 26.9. The van der Waals surface area contributed by atoms with Crippen LogP contribution in [0.15, 0.2) is 54.7 Å². The highest BCUT2D eigenvalue weighted by atomic mass is 16.5. The quantitative estimate of drug-likeness (QED) is 0.567. The number of benzene rings is 2. The number of rotatable bonds is 7. The van der Waals surface area contributed by atoms with Crippen LogP contribution in [0, 0.1) is 0 Å². The van der Waals surface area contributed by atoms with Crippen LogP contribution >= 0.6 is 0 Å². The van der Waals surface area contributed by atoms with Gasteiger partial charge in [-0.1, -0.05) is 45.0 Å². The van der Waals surface area contributed by atoms with Crippen molar-refractivity contribution in [1.29, 1.82) is 0 Å². The highest BCUT2D eigenvalue weighted by molar-refractivity contribution is 6.08. The lowest BCUT2D eigenvalue weighted by atomic mass is 9.87. The molecule has 0 saturated carbocycles. The Labute approximate surface area is 195 Å². The number of amides is 2. The predicted octanol–water partition coefficient (Wildman–Crippen LogP) is 4.73. The third kappa shape index (κ3) is 5.80. The largest absolute Gasteiger partial charge is 0.489 e. The molecular formula is C26H32N4O3. The van der Waals surface area contributed by atoms with E-state index in [1.807, 2.05) is 31.2 Å². The van der Waals surface area contributed by atoms with Crippen LogP contribution in [0.3, 0.4) is 0 Å². The van der Waals surface area contributed by atoms with Crippen LogP contribution in [0.2, 0.25) is 0 Å². The van der Waals surface area contributed by atoms with Crippen molar-refractivity contribution >= 4 is 17.5 Å². The van der Waals surface area contributed by atoms with Crippen LogP contribution in [-0.4, -0.2) is 40.6 Å². The zero-order chi connectivity index (χ0) is 24.2. The molecule has 2 amide bonds. The van der Waals surface area contributed by atoms with Gasteiger partial charge in [0.1, 0.15) is 18.1 Å². The lowest BCUT2D eigenvalue weighted by Crippen LogP contribution is -2.26. The molecular weight excluding hydrogens is 416 g/mol. The summed E-state index contributed by atoms with van der Waals surface area (Å²) in [7, 11) is 3.34. The number of ether oxygens (including phenoxy) is 1. The van der Waals surface area contributed by atoms with Gasteiger partial charge in [0.05, 0.1) is 11.9 Å². The van der Waals surface area contributed by atoms with Crippen molar-refractivity contribution in [3.63, 3.8) is 0 Å². The van der Waals surface area contributed by atoms with Gasteiger partial charge in [-0.25, -0.2) is 0 Å². The Balaban J connectivity index is 1.70. The summed E-state index contributed by atoms with van der Waals surface area (Å²) >= 11 is 0. The standard InChI is InChI=1S/C26H32N4O3/c1-7-30-23(25(32)29(5)6)22(16-27-30)28-24(31)19-10-8-9-18(15-19)17-33-21-13-11-20(12-14-21)26(2,3)4/h8-16H,7,17H2,1-6H3,(H,28,31). The minimum Gasteiger partial charge on any atom is -0.489 e. The molecule has 7 nitrogen and oxygen atoms in total. The number of nitrogens with one attached hydrogen (secondary N) is 1. The van der Waals surface area contributed by atoms with E-state index in [0.29, 0.717) is 30.1 Å². The number of anilines is 1. The molecule has 0 radical (unpaired) electrons. The molecule has 3 aromatic rings.